The van der Waals surface area contributed by atoms with Gasteiger partial charge in [-0.3, -0.25) is 9.69 Å². The number of hydrogen-bond donors (Lipinski definition) is 1. The zero-order valence-electron chi connectivity index (χ0n) is 15.6. The van der Waals surface area contributed by atoms with Gasteiger partial charge in [-0.2, -0.15) is 4.98 Å². The van der Waals surface area contributed by atoms with Crippen LogP contribution in [-0.4, -0.2) is 34.0 Å². The van der Waals surface area contributed by atoms with Gasteiger partial charge in [-0.25, -0.2) is 0 Å². The summed E-state index contributed by atoms with van der Waals surface area (Å²) in [6, 6.07) is 15.2. The topological polar surface area (TPSA) is 71.3 Å². The number of rotatable bonds is 5. The van der Waals surface area contributed by atoms with E-state index in [2.05, 4.69) is 42.9 Å². The summed E-state index contributed by atoms with van der Waals surface area (Å²) in [5.41, 5.74) is 1.68. The smallest absolute Gasteiger partial charge is 0.241 e. The monoisotopic (exact) mass is 522 g/mol. The summed E-state index contributed by atoms with van der Waals surface area (Å²) in [6.07, 6.45) is 1.62. The lowest BCUT2D eigenvalue weighted by Gasteiger charge is -2.30. The third-order valence-corrected chi connectivity index (χ3v) is 5.93. The maximum absolute atomic E-state index is 12.5. The van der Waals surface area contributed by atoms with E-state index in [1.165, 1.54) is 0 Å². The second-order valence-corrected chi connectivity index (χ2v) is 8.75. The maximum Gasteiger partial charge on any atom is 0.241 e. The van der Waals surface area contributed by atoms with E-state index >= 15 is 0 Å². The van der Waals surface area contributed by atoms with Crippen LogP contribution in [0.1, 0.15) is 18.7 Å². The zero-order valence-corrected chi connectivity index (χ0v) is 18.6. The van der Waals surface area contributed by atoms with Crippen LogP contribution in [0, 0.1) is 9.49 Å². The zero-order chi connectivity index (χ0) is 20.2. The molecule has 1 aromatic heterocycles. The summed E-state index contributed by atoms with van der Waals surface area (Å²) in [5.74, 6) is 1.22. The molecule has 150 valence electrons. The van der Waals surface area contributed by atoms with Gasteiger partial charge in [0.25, 0.3) is 0 Å². The molecule has 1 fully saturated rings. The van der Waals surface area contributed by atoms with Gasteiger partial charge < -0.3 is 9.84 Å². The first kappa shape index (κ1) is 20.3. The van der Waals surface area contributed by atoms with Crippen LogP contribution in [0.4, 0.5) is 5.69 Å². The highest BCUT2D eigenvalue weighted by Gasteiger charge is 2.26. The molecular formula is C21H20ClIN4O2. The highest BCUT2D eigenvalue weighted by Crippen LogP contribution is 2.23. The van der Waals surface area contributed by atoms with Crippen molar-refractivity contribution in [3.8, 4) is 11.4 Å². The Labute approximate surface area is 187 Å². The molecule has 6 nitrogen and oxygen atoms in total. The standard InChI is InChI=1S/C21H20ClIN4O2/c22-16-3-1-2-15(12-16)20-25-19(29-26-20)13-27-10-8-14(9-11-27)21(28)24-18-6-4-17(23)5-7-18/h1-7,12,14H,8-11,13H2,(H,24,28). The van der Waals surface area contributed by atoms with Crippen molar-refractivity contribution in [3.05, 3.63) is 63.0 Å². The van der Waals surface area contributed by atoms with Crippen molar-refractivity contribution >= 4 is 45.8 Å². The molecule has 1 amide bonds. The Bertz CT molecular complexity index is 984. The Kier molecular flexibility index (Phi) is 6.46. The lowest BCUT2D eigenvalue weighted by Crippen LogP contribution is -2.37. The minimum absolute atomic E-state index is 0.0234. The quantitative estimate of drug-likeness (QED) is 0.485. The summed E-state index contributed by atoms with van der Waals surface area (Å²) in [4.78, 5) is 19.2. The van der Waals surface area contributed by atoms with Gasteiger partial charge in [0.15, 0.2) is 0 Å². The van der Waals surface area contributed by atoms with E-state index in [0.29, 0.717) is 23.3 Å². The molecule has 2 aromatic carbocycles. The normalized spacial score (nSPS) is 15.4. The molecule has 0 bridgehead atoms. The lowest BCUT2D eigenvalue weighted by molar-refractivity contribution is -0.121. The van der Waals surface area contributed by atoms with Gasteiger partial charge in [0.05, 0.1) is 6.54 Å². The number of carbonyl (C=O) groups excluding carboxylic acids is 1. The third-order valence-electron chi connectivity index (χ3n) is 4.98. The first-order valence-corrected chi connectivity index (χ1v) is 10.9. The summed E-state index contributed by atoms with van der Waals surface area (Å²) < 4.78 is 6.55. The molecule has 29 heavy (non-hydrogen) atoms. The van der Waals surface area contributed by atoms with Gasteiger partial charge in [-0.15, -0.1) is 0 Å². The van der Waals surface area contributed by atoms with E-state index in [0.717, 1.165) is 40.8 Å². The van der Waals surface area contributed by atoms with E-state index in [9.17, 15) is 4.79 Å². The SMILES string of the molecule is O=C(Nc1ccc(I)cc1)C1CCN(Cc2nc(-c3cccc(Cl)c3)no2)CC1. The van der Waals surface area contributed by atoms with Crippen molar-refractivity contribution in [1.82, 2.24) is 15.0 Å². The van der Waals surface area contributed by atoms with Crippen LogP contribution in [0.15, 0.2) is 53.1 Å². The van der Waals surface area contributed by atoms with E-state index in [4.69, 9.17) is 16.1 Å². The molecule has 1 N–H and O–H groups in total. The Hall–Kier alpha value is -1.97. The molecule has 0 saturated carbocycles. The molecule has 2 heterocycles. The van der Waals surface area contributed by atoms with Crippen LogP contribution >= 0.6 is 34.2 Å². The number of amides is 1. The minimum Gasteiger partial charge on any atom is -0.338 e. The van der Waals surface area contributed by atoms with Crippen LogP contribution in [0.2, 0.25) is 5.02 Å². The fourth-order valence-electron chi connectivity index (χ4n) is 3.39. The number of piperidine rings is 1. The molecule has 0 aliphatic carbocycles. The summed E-state index contributed by atoms with van der Waals surface area (Å²) >= 11 is 8.28. The number of nitrogens with one attached hydrogen (secondary N) is 1. The van der Waals surface area contributed by atoms with Gasteiger partial charge >= 0.3 is 0 Å². The first-order valence-electron chi connectivity index (χ1n) is 9.44. The fraction of sp³-hybridized carbons (Fsp3) is 0.286. The van der Waals surface area contributed by atoms with Crippen LogP contribution in [0.25, 0.3) is 11.4 Å². The summed E-state index contributed by atoms with van der Waals surface area (Å²) in [6.45, 7) is 2.22. The van der Waals surface area contributed by atoms with Gasteiger partial charge in [-0.1, -0.05) is 28.9 Å². The molecule has 1 saturated heterocycles. The third kappa shape index (κ3) is 5.34. The second kappa shape index (κ2) is 9.23. The largest absolute Gasteiger partial charge is 0.338 e. The van der Waals surface area contributed by atoms with Crippen LogP contribution < -0.4 is 5.32 Å². The van der Waals surface area contributed by atoms with Crippen molar-refractivity contribution in [2.45, 2.75) is 19.4 Å². The molecule has 0 radical (unpaired) electrons. The lowest BCUT2D eigenvalue weighted by atomic mass is 9.96. The Morgan fingerprint density at radius 2 is 1.97 bits per heavy atom. The molecule has 0 atom stereocenters. The van der Waals surface area contributed by atoms with E-state index < -0.39 is 0 Å². The average molecular weight is 523 g/mol. The minimum atomic E-state index is 0.0234. The van der Waals surface area contributed by atoms with Crippen molar-refractivity contribution in [2.24, 2.45) is 5.92 Å². The number of hydrogen-bond acceptors (Lipinski definition) is 5. The highest BCUT2D eigenvalue weighted by atomic mass is 127. The predicted molar refractivity (Wildman–Crippen MR) is 121 cm³/mol. The number of likely N-dealkylation sites (tertiary alicyclic amines) is 1. The fourth-order valence-corrected chi connectivity index (χ4v) is 3.94. The van der Waals surface area contributed by atoms with E-state index in [1.54, 1.807) is 0 Å². The van der Waals surface area contributed by atoms with Crippen molar-refractivity contribution in [3.63, 3.8) is 0 Å². The molecule has 1 aliphatic rings. The molecule has 8 heteroatoms. The van der Waals surface area contributed by atoms with Crippen LogP contribution in [-0.2, 0) is 11.3 Å². The number of anilines is 1. The van der Waals surface area contributed by atoms with Gasteiger partial charge in [0.1, 0.15) is 0 Å². The first-order chi connectivity index (χ1) is 14.1. The second-order valence-electron chi connectivity index (χ2n) is 7.07. The summed E-state index contributed by atoms with van der Waals surface area (Å²) in [7, 11) is 0. The summed E-state index contributed by atoms with van der Waals surface area (Å²) in [5, 5.41) is 7.71. The molecule has 4 rings (SSSR count). The molecule has 0 spiro atoms. The molecule has 0 unspecified atom stereocenters. The van der Waals surface area contributed by atoms with Crippen molar-refractivity contribution in [2.75, 3.05) is 18.4 Å². The van der Waals surface area contributed by atoms with Gasteiger partial charge in [-0.05, 0) is 84.9 Å². The Morgan fingerprint density at radius 3 is 2.69 bits per heavy atom. The number of halogens is 2. The Morgan fingerprint density at radius 1 is 1.21 bits per heavy atom. The maximum atomic E-state index is 12.5. The van der Waals surface area contributed by atoms with Gasteiger partial charge in [0.2, 0.25) is 17.6 Å². The number of aromatic nitrogens is 2. The number of nitrogens with zero attached hydrogens (tertiary/aromatic N) is 3. The highest BCUT2D eigenvalue weighted by molar-refractivity contribution is 14.1. The number of carbonyl (C=O) groups is 1. The predicted octanol–water partition coefficient (Wildman–Crippen LogP) is 4.85. The molecule has 1 aliphatic heterocycles. The Balaban J connectivity index is 1.29. The van der Waals surface area contributed by atoms with E-state index in [1.807, 2.05) is 48.5 Å². The average Bonchev–Trinajstić information content (AvgIpc) is 3.19. The number of benzene rings is 2. The molecular weight excluding hydrogens is 503 g/mol. The van der Waals surface area contributed by atoms with Crippen LogP contribution in [0.3, 0.4) is 0 Å². The van der Waals surface area contributed by atoms with E-state index in [-0.39, 0.29) is 11.8 Å². The van der Waals surface area contributed by atoms with Crippen molar-refractivity contribution < 1.29 is 9.32 Å². The van der Waals surface area contributed by atoms with Crippen LogP contribution in [0.5, 0.6) is 0 Å². The van der Waals surface area contributed by atoms with Gasteiger partial charge in [0, 0.05) is 25.8 Å². The molecule has 3 aromatic rings. The van der Waals surface area contributed by atoms with Crippen molar-refractivity contribution in [1.29, 1.82) is 0 Å².